The molecule has 0 radical (unpaired) electrons. The van der Waals surface area contributed by atoms with Crippen LogP contribution in [0.15, 0.2) is 18.2 Å². The Morgan fingerprint density at radius 1 is 1.00 bits per heavy atom. The first-order valence-corrected chi connectivity index (χ1v) is 4.00. The van der Waals surface area contributed by atoms with Crippen molar-refractivity contribution in [2.45, 2.75) is 20.1 Å². The molecule has 84 valence electrons. The van der Waals surface area contributed by atoms with Crippen molar-refractivity contribution >= 4 is 0 Å². The molecule has 0 N–H and O–H groups in total. The lowest BCUT2D eigenvalue weighted by Crippen LogP contribution is -2.08. The molecule has 0 atom stereocenters. The highest BCUT2D eigenvalue weighted by molar-refractivity contribution is 5.45. The fraction of sp³-hybridized carbons (Fsp3) is 0.333. The highest BCUT2D eigenvalue weighted by atomic mass is 19.3. The summed E-state index contributed by atoms with van der Waals surface area (Å²) in [7, 11) is 0. The molecular formula is C9H8F4O2. The fourth-order valence-corrected chi connectivity index (χ4v) is 1.05. The fourth-order valence-electron chi connectivity index (χ4n) is 1.05. The standard InChI is InChI=1S/C9H8F4O2/c1-5-3-2-4-6(14-8(10)11)7(5)15-9(12)13/h2-4,8-9H,1H3. The summed E-state index contributed by atoms with van der Waals surface area (Å²) < 4.78 is 55.8. The number of para-hydroxylation sites is 1. The number of hydrogen-bond acceptors (Lipinski definition) is 2. The molecule has 0 aliphatic rings. The first kappa shape index (κ1) is 11.6. The average Bonchev–Trinajstić information content (AvgIpc) is 2.09. The molecule has 0 heterocycles. The highest BCUT2D eigenvalue weighted by Gasteiger charge is 2.16. The summed E-state index contributed by atoms with van der Waals surface area (Å²) in [5.41, 5.74) is 0.299. The van der Waals surface area contributed by atoms with E-state index < -0.39 is 19.0 Å². The van der Waals surface area contributed by atoms with Crippen LogP contribution in [0.25, 0.3) is 0 Å². The van der Waals surface area contributed by atoms with Gasteiger partial charge in [0.15, 0.2) is 11.5 Å². The van der Waals surface area contributed by atoms with Crippen molar-refractivity contribution in [2.24, 2.45) is 0 Å². The van der Waals surface area contributed by atoms with Crippen molar-refractivity contribution in [2.75, 3.05) is 0 Å². The van der Waals surface area contributed by atoms with Crippen LogP contribution >= 0.6 is 0 Å². The van der Waals surface area contributed by atoms with Crippen LogP contribution in [0.2, 0.25) is 0 Å². The van der Waals surface area contributed by atoms with Crippen LogP contribution in [0.4, 0.5) is 17.6 Å². The van der Waals surface area contributed by atoms with Gasteiger partial charge in [0.25, 0.3) is 0 Å². The van der Waals surface area contributed by atoms with E-state index in [1.165, 1.54) is 19.1 Å². The Hall–Kier alpha value is -1.46. The van der Waals surface area contributed by atoms with Crippen molar-refractivity contribution in [3.05, 3.63) is 23.8 Å². The molecule has 0 unspecified atom stereocenters. The third kappa shape index (κ3) is 3.30. The quantitative estimate of drug-likeness (QED) is 0.731. The van der Waals surface area contributed by atoms with Crippen LogP contribution in [-0.4, -0.2) is 13.2 Å². The topological polar surface area (TPSA) is 18.5 Å². The second kappa shape index (κ2) is 4.86. The van der Waals surface area contributed by atoms with Gasteiger partial charge in [0.2, 0.25) is 0 Å². The Balaban J connectivity index is 2.97. The first-order valence-electron chi connectivity index (χ1n) is 4.00. The van der Waals surface area contributed by atoms with Gasteiger partial charge >= 0.3 is 13.2 Å². The average molecular weight is 224 g/mol. The predicted octanol–water partition coefficient (Wildman–Crippen LogP) is 3.20. The molecule has 1 aromatic carbocycles. The Bertz CT molecular complexity index is 328. The number of hydrogen-bond donors (Lipinski definition) is 0. The zero-order valence-corrected chi connectivity index (χ0v) is 7.72. The lowest BCUT2D eigenvalue weighted by Gasteiger charge is -2.13. The van der Waals surface area contributed by atoms with Gasteiger partial charge in [0, 0.05) is 0 Å². The van der Waals surface area contributed by atoms with Crippen molar-refractivity contribution in [1.29, 1.82) is 0 Å². The lowest BCUT2D eigenvalue weighted by atomic mass is 10.2. The van der Waals surface area contributed by atoms with E-state index in [1.807, 2.05) is 0 Å². The normalized spacial score (nSPS) is 10.9. The number of halogens is 4. The van der Waals surface area contributed by atoms with E-state index in [1.54, 1.807) is 0 Å². The Morgan fingerprint density at radius 3 is 2.13 bits per heavy atom. The maximum Gasteiger partial charge on any atom is 0.387 e. The van der Waals surface area contributed by atoms with E-state index in [9.17, 15) is 17.6 Å². The van der Waals surface area contributed by atoms with Gasteiger partial charge in [-0.2, -0.15) is 17.6 Å². The Kier molecular flexibility index (Phi) is 3.76. The largest absolute Gasteiger partial charge is 0.431 e. The number of alkyl halides is 4. The summed E-state index contributed by atoms with van der Waals surface area (Å²) in [4.78, 5) is 0. The van der Waals surface area contributed by atoms with Crippen LogP contribution in [0.3, 0.4) is 0 Å². The van der Waals surface area contributed by atoms with Gasteiger partial charge in [0.1, 0.15) is 0 Å². The molecule has 2 nitrogen and oxygen atoms in total. The third-order valence-corrected chi connectivity index (χ3v) is 1.60. The molecule has 1 aromatic rings. The van der Waals surface area contributed by atoms with Gasteiger partial charge < -0.3 is 9.47 Å². The minimum absolute atomic E-state index is 0.299. The molecule has 15 heavy (non-hydrogen) atoms. The maximum absolute atomic E-state index is 12.0. The van der Waals surface area contributed by atoms with Crippen LogP contribution in [0, 0.1) is 6.92 Å². The van der Waals surface area contributed by atoms with Gasteiger partial charge in [-0.25, -0.2) is 0 Å². The molecular weight excluding hydrogens is 216 g/mol. The lowest BCUT2D eigenvalue weighted by molar-refractivity contribution is -0.0695. The molecule has 6 heteroatoms. The van der Waals surface area contributed by atoms with E-state index in [-0.39, 0.29) is 5.75 Å². The van der Waals surface area contributed by atoms with Crippen LogP contribution in [0.1, 0.15) is 5.56 Å². The molecule has 0 fully saturated rings. The smallest absolute Gasteiger partial charge is 0.387 e. The van der Waals surface area contributed by atoms with Crippen LogP contribution in [-0.2, 0) is 0 Å². The highest BCUT2D eigenvalue weighted by Crippen LogP contribution is 2.32. The van der Waals surface area contributed by atoms with Gasteiger partial charge in [-0.1, -0.05) is 12.1 Å². The van der Waals surface area contributed by atoms with Crippen molar-refractivity contribution in [3.8, 4) is 11.5 Å². The van der Waals surface area contributed by atoms with Crippen molar-refractivity contribution in [1.82, 2.24) is 0 Å². The Labute approximate surface area is 83.4 Å². The minimum Gasteiger partial charge on any atom is -0.431 e. The van der Waals surface area contributed by atoms with Crippen LogP contribution < -0.4 is 9.47 Å². The number of aryl methyl sites for hydroxylation is 1. The number of ether oxygens (including phenoxy) is 2. The Morgan fingerprint density at radius 2 is 1.60 bits per heavy atom. The monoisotopic (exact) mass is 224 g/mol. The summed E-state index contributed by atoms with van der Waals surface area (Å²) in [6.07, 6.45) is 0. The number of benzene rings is 1. The predicted molar refractivity (Wildman–Crippen MR) is 44.4 cm³/mol. The SMILES string of the molecule is Cc1cccc(OC(F)F)c1OC(F)F. The van der Waals surface area contributed by atoms with E-state index in [0.717, 1.165) is 6.07 Å². The second-order valence-electron chi connectivity index (χ2n) is 2.66. The molecule has 0 spiro atoms. The molecule has 0 aliphatic heterocycles. The van der Waals surface area contributed by atoms with Gasteiger partial charge in [-0.05, 0) is 18.6 Å². The first-order chi connectivity index (χ1) is 7.00. The molecule has 0 aromatic heterocycles. The second-order valence-corrected chi connectivity index (χ2v) is 2.66. The summed E-state index contributed by atoms with van der Waals surface area (Å²) in [5.74, 6) is -0.766. The summed E-state index contributed by atoms with van der Waals surface area (Å²) >= 11 is 0. The van der Waals surface area contributed by atoms with E-state index in [0.29, 0.717) is 5.56 Å². The van der Waals surface area contributed by atoms with Gasteiger partial charge in [-0.3, -0.25) is 0 Å². The third-order valence-electron chi connectivity index (χ3n) is 1.60. The maximum atomic E-state index is 12.0. The molecule has 0 amide bonds. The molecule has 0 saturated heterocycles. The molecule has 1 rings (SSSR count). The van der Waals surface area contributed by atoms with E-state index in [2.05, 4.69) is 9.47 Å². The van der Waals surface area contributed by atoms with Gasteiger partial charge in [-0.15, -0.1) is 0 Å². The zero-order chi connectivity index (χ0) is 11.4. The summed E-state index contributed by atoms with van der Waals surface area (Å²) in [6.45, 7) is -4.70. The summed E-state index contributed by atoms with van der Waals surface area (Å²) in [5, 5.41) is 0. The van der Waals surface area contributed by atoms with Crippen molar-refractivity contribution < 1.29 is 27.0 Å². The molecule has 0 bridgehead atoms. The minimum atomic E-state index is -3.08. The van der Waals surface area contributed by atoms with Gasteiger partial charge in [0.05, 0.1) is 0 Å². The molecule has 0 aliphatic carbocycles. The molecule has 0 saturated carbocycles. The van der Waals surface area contributed by atoms with E-state index >= 15 is 0 Å². The van der Waals surface area contributed by atoms with Crippen LogP contribution in [0.5, 0.6) is 11.5 Å². The zero-order valence-electron chi connectivity index (χ0n) is 7.72. The number of rotatable bonds is 4. The van der Waals surface area contributed by atoms with Crippen molar-refractivity contribution in [3.63, 3.8) is 0 Å². The van der Waals surface area contributed by atoms with E-state index in [4.69, 9.17) is 0 Å². The summed E-state index contributed by atoms with van der Waals surface area (Å²) in [6, 6.07) is 4.00.